The van der Waals surface area contributed by atoms with E-state index in [-0.39, 0.29) is 5.56 Å². The van der Waals surface area contributed by atoms with Crippen LogP contribution in [0.4, 0.5) is 0 Å². The number of benzene rings is 2. The second-order valence-electron chi connectivity index (χ2n) is 4.49. The molecule has 0 saturated carbocycles. The lowest BCUT2D eigenvalue weighted by atomic mass is 10.1. The molecule has 0 aromatic heterocycles. The summed E-state index contributed by atoms with van der Waals surface area (Å²) in [5, 5.41) is 9.21. The zero-order chi connectivity index (χ0) is 14.5. The number of carboxylic acid groups (broad SMARTS) is 1. The highest BCUT2D eigenvalue weighted by atomic mass is 16.5. The van der Waals surface area contributed by atoms with E-state index in [1.807, 2.05) is 31.2 Å². The third-order valence-corrected chi connectivity index (χ3v) is 2.80. The van der Waals surface area contributed by atoms with Gasteiger partial charge in [0.15, 0.2) is 0 Å². The smallest absolute Gasteiger partial charge is 0.339 e. The number of hydrogen-bond acceptors (Lipinski definition) is 3. The van der Waals surface area contributed by atoms with Crippen molar-refractivity contribution >= 4 is 5.97 Å². The van der Waals surface area contributed by atoms with Crippen LogP contribution in [0.2, 0.25) is 0 Å². The van der Waals surface area contributed by atoms with Crippen LogP contribution < -0.4 is 4.74 Å². The number of aromatic carboxylic acids is 1. The van der Waals surface area contributed by atoms with Crippen LogP contribution in [0.3, 0.4) is 0 Å². The molecule has 0 heterocycles. The first-order valence-corrected chi connectivity index (χ1v) is 6.20. The number of methoxy groups -OCH3 is 1. The van der Waals surface area contributed by atoms with Gasteiger partial charge in [0.2, 0.25) is 0 Å². The van der Waals surface area contributed by atoms with Crippen LogP contribution in [0.5, 0.6) is 11.5 Å². The zero-order valence-corrected chi connectivity index (χ0v) is 11.4. The summed E-state index contributed by atoms with van der Waals surface area (Å²) in [7, 11) is 1.62. The largest absolute Gasteiger partial charge is 0.478 e. The number of carbonyl (C=O) groups is 1. The van der Waals surface area contributed by atoms with Crippen molar-refractivity contribution in [3.63, 3.8) is 0 Å². The summed E-state index contributed by atoms with van der Waals surface area (Å²) in [6.07, 6.45) is 0. The van der Waals surface area contributed by atoms with E-state index in [0.29, 0.717) is 18.1 Å². The van der Waals surface area contributed by atoms with Crippen LogP contribution in [0.15, 0.2) is 42.5 Å². The molecule has 0 unspecified atom stereocenters. The van der Waals surface area contributed by atoms with Gasteiger partial charge in [-0.05, 0) is 36.8 Å². The van der Waals surface area contributed by atoms with E-state index >= 15 is 0 Å². The van der Waals surface area contributed by atoms with Gasteiger partial charge in [0.05, 0.1) is 6.61 Å². The standard InChI is InChI=1S/C16H16O4/c1-11-6-7-15(14(8-11)16(17)18)20-13-5-3-4-12(9-13)10-19-2/h3-9H,10H2,1-2H3,(H,17,18). The molecule has 4 heteroatoms. The maximum Gasteiger partial charge on any atom is 0.339 e. The summed E-state index contributed by atoms with van der Waals surface area (Å²) in [6.45, 7) is 2.33. The Bertz CT molecular complexity index is 620. The number of ether oxygens (including phenoxy) is 2. The number of rotatable bonds is 5. The molecule has 0 atom stereocenters. The molecule has 0 aliphatic heterocycles. The summed E-state index contributed by atoms with van der Waals surface area (Å²) in [6, 6.07) is 12.5. The molecule has 2 aromatic rings. The molecule has 0 fully saturated rings. The predicted molar refractivity (Wildman–Crippen MR) is 75.4 cm³/mol. The molecular weight excluding hydrogens is 256 g/mol. The van der Waals surface area contributed by atoms with Crippen LogP contribution in [-0.2, 0) is 11.3 Å². The van der Waals surface area contributed by atoms with Crippen molar-refractivity contribution in [2.45, 2.75) is 13.5 Å². The summed E-state index contributed by atoms with van der Waals surface area (Å²) in [5.41, 5.74) is 2.00. The van der Waals surface area contributed by atoms with Crippen molar-refractivity contribution in [3.05, 3.63) is 59.2 Å². The van der Waals surface area contributed by atoms with Gasteiger partial charge in [-0.15, -0.1) is 0 Å². The molecule has 2 rings (SSSR count). The summed E-state index contributed by atoms with van der Waals surface area (Å²) in [5.74, 6) is -0.0830. The van der Waals surface area contributed by atoms with Crippen molar-refractivity contribution in [1.82, 2.24) is 0 Å². The van der Waals surface area contributed by atoms with Crippen molar-refractivity contribution in [1.29, 1.82) is 0 Å². The number of hydrogen-bond donors (Lipinski definition) is 1. The van der Waals surface area contributed by atoms with E-state index in [2.05, 4.69) is 0 Å². The maximum atomic E-state index is 11.2. The molecule has 2 aromatic carbocycles. The van der Waals surface area contributed by atoms with Gasteiger partial charge < -0.3 is 14.6 Å². The van der Waals surface area contributed by atoms with E-state index in [0.717, 1.165) is 11.1 Å². The predicted octanol–water partition coefficient (Wildman–Crippen LogP) is 3.63. The molecule has 0 amide bonds. The van der Waals surface area contributed by atoms with E-state index in [1.165, 1.54) is 0 Å². The minimum absolute atomic E-state index is 0.155. The lowest BCUT2D eigenvalue weighted by molar-refractivity contribution is 0.0694. The van der Waals surface area contributed by atoms with Crippen LogP contribution in [0.1, 0.15) is 21.5 Å². The van der Waals surface area contributed by atoms with Crippen molar-refractivity contribution in [2.24, 2.45) is 0 Å². The molecule has 4 nitrogen and oxygen atoms in total. The zero-order valence-electron chi connectivity index (χ0n) is 11.4. The van der Waals surface area contributed by atoms with E-state index < -0.39 is 5.97 Å². The van der Waals surface area contributed by atoms with Gasteiger partial charge >= 0.3 is 5.97 Å². The van der Waals surface area contributed by atoms with Gasteiger partial charge in [-0.1, -0.05) is 23.8 Å². The van der Waals surface area contributed by atoms with E-state index in [4.69, 9.17) is 9.47 Å². The highest BCUT2D eigenvalue weighted by Crippen LogP contribution is 2.27. The summed E-state index contributed by atoms with van der Waals surface area (Å²) < 4.78 is 10.7. The third-order valence-electron chi connectivity index (χ3n) is 2.80. The third kappa shape index (κ3) is 3.36. The average Bonchev–Trinajstić information content (AvgIpc) is 2.41. The van der Waals surface area contributed by atoms with Crippen LogP contribution in [-0.4, -0.2) is 18.2 Å². The molecule has 0 aliphatic carbocycles. The molecule has 0 bridgehead atoms. The number of aryl methyl sites for hydroxylation is 1. The second kappa shape index (κ2) is 6.21. The van der Waals surface area contributed by atoms with E-state index in [1.54, 1.807) is 25.3 Å². The monoisotopic (exact) mass is 272 g/mol. The second-order valence-corrected chi connectivity index (χ2v) is 4.49. The fraction of sp³-hybridized carbons (Fsp3) is 0.188. The fourth-order valence-electron chi connectivity index (χ4n) is 1.89. The first-order chi connectivity index (χ1) is 9.60. The summed E-state index contributed by atoms with van der Waals surface area (Å²) >= 11 is 0. The van der Waals surface area contributed by atoms with Crippen LogP contribution >= 0.6 is 0 Å². The number of carboxylic acids is 1. The Morgan fingerprint density at radius 3 is 2.70 bits per heavy atom. The topological polar surface area (TPSA) is 55.8 Å². The Balaban J connectivity index is 2.30. The highest BCUT2D eigenvalue weighted by molar-refractivity contribution is 5.91. The Kier molecular flexibility index (Phi) is 4.38. The highest BCUT2D eigenvalue weighted by Gasteiger charge is 2.12. The lowest BCUT2D eigenvalue weighted by Gasteiger charge is -2.10. The van der Waals surface area contributed by atoms with Crippen molar-refractivity contribution < 1.29 is 19.4 Å². The SMILES string of the molecule is COCc1cccc(Oc2ccc(C)cc2C(=O)O)c1. The van der Waals surface area contributed by atoms with Crippen molar-refractivity contribution in [2.75, 3.05) is 7.11 Å². The Labute approximate surface area is 117 Å². The maximum absolute atomic E-state index is 11.2. The molecule has 1 N–H and O–H groups in total. The lowest BCUT2D eigenvalue weighted by Crippen LogP contribution is -2.00. The minimum Gasteiger partial charge on any atom is -0.478 e. The van der Waals surface area contributed by atoms with Gasteiger partial charge in [0, 0.05) is 7.11 Å². The Morgan fingerprint density at radius 1 is 1.20 bits per heavy atom. The van der Waals surface area contributed by atoms with Gasteiger partial charge in [-0.3, -0.25) is 0 Å². The molecule has 0 saturated heterocycles. The fourth-order valence-corrected chi connectivity index (χ4v) is 1.89. The van der Waals surface area contributed by atoms with Crippen molar-refractivity contribution in [3.8, 4) is 11.5 Å². The molecule has 20 heavy (non-hydrogen) atoms. The molecule has 0 spiro atoms. The molecule has 0 aliphatic rings. The first-order valence-electron chi connectivity index (χ1n) is 6.20. The quantitative estimate of drug-likeness (QED) is 0.903. The summed E-state index contributed by atoms with van der Waals surface area (Å²) in [4.78, 5) is 11.2. The Hall–Kier alpha value is -2.33. The first kappa shape index (κ1) is 14.1. The van der Waals surface area contributed by atoms with Gasteiger partial charge in [-0.2, -0.15) is 0 Å². The van der Waals surface area contributed by atoms with Gasteiger partial charge in [-0.25, -0.2) is 4.79 Å². The van der Waals surface area contributed by atoms with Gasteiger partial charge in [0.1, 0.15) is 17.1 Å². The average molecular weight is 272 g/mol. The molecule has 0 radical (unpaired) electrons. The van der Waals surface area contributed by atoms with E-state index in [9.17, 15) is 9.90 Å². The molecule has 104 valence electrons. The van der Waals surface area contributed by atoms with Gasteiger partial charge in [0.25, 0.3) is 0 Å². The van der Waals surface area contributed by atoms with Crippen LogP contribution in [0, 0.1) is 6.92 Å². The normalized spacial score (nSPS) is 10.3. The minimum atomic E-state index is -1.00. The van der Waals surface area contributed by atoms with Crippen LogP contribution in [0.25, 0.3) is 0 Å². The molecular formula is C16H16O4. The Morgan fingerprint density at radius 2 is 2.00 bits per heavy atom.